The number of likely N-dealkylation sites (tertiary alicyclic amines) is 1. The molecule has 3 aromatic rings. The first-order valence-electron chi connectivity index (χ1n) is 18.0. The quantitative estimate of drug-likeness (QED) is 0.124. The van der Waals surface area contributed by atoms with Gasteiger partial charge in [0.25, 0.3) is 5.69 Å². The molecule has 0 radical (unpaired) electrons. The van der Waals surface area contributed by atoms with E-state index in [4.69, 9.17) is 14.5 Å². The lowest BCUT2D eigenvalue weighted by molar-refractivity contribution is -0.384. The molecule has 3 amide bonds. The lowest BCUT2D eigenvalue weighted by Gasteiger charge is -2.35. The molecule has 1 saturated heterocycles. The van der Waals surface area contributed by atoms with Crippen LogP contribution in [0.25, 0.3) is 22.2 Å². The topological polar surface area (TPSA) is 190 Å². The van der Waals surface area contributed by atoms with E-state index >= 15 is 0 Å². The van der Waals surface area contributed by atoms with E-state index in [1.807, 2.05) is 30.3 Å². The third kappa shape index (κ3) is 8.11. The van der Waals surface area contributed by atoms with Crippen LogP contribution in [0, 0.1) is 22.0 Å². The van der Waals surface area contributed by atoms with Crippen molar-refractivity contribution >= 4 is 40.5 Å². The van der Waals surface area contributed by atoms with Crippen molar-refractivity contribution in [2.75, 3.05) is 6.54 Å². The smallest absolute Gasteiger partial charge is 0.408 e. The Bertz CT molecular complexity index is 1920. The Kier molecular flexibility index (Phi) is 10.4. The number of hydrogen-bond acceptors (Lipinski definition) is 9. The number of amides is 3. The van der Waals surface area contributed by atoms with Crippen molar-refractivity contribution in [3.63, 3.8) is 0 Å². The largest absolute Gasteiger partial charge is 0.488 e. The van der Waals surface area contributed by atoms with E-state index in [0.29, 0.717) is 29.4 Å². The van der Waals surface area contributed by atoms with Crippen molar-refractivity contribution in [2.24, 2.45) is 11.8 Å². The molecular weight excluding hydrogens is 682 g/mol. The zero-order chi connectivity index (χ0) is 38.1. The average molecular weight is 728 g/mol. The summed E-state index contributed by atoms with van der Waals surface area (Å²) in [6.45, 7) is 8.79. The maximum atomic E-state index is 14.7. The minimum atomic E-state index is -1.55. The first-order chi connectivity index (χ1) is 25.2. The Morgan fingerprint density at radius 1 is 1.09 bits per heavy atom. The van der Waals surface area contributed by atoms with Gasteiger partial charge in [-0.1, -0.05) is 55.7 Å². The average Bonchev–Trinajstić information content (AvgIpc) is 3.69. The number of non-ortho nitro benzene ring substituents is 1. The maximum absolute atomic E-state index is 14.7. The number of ether oxygens (including phenoxy) is 2. The molecule has 2 saturated carbocycles. The van der Waals surface area contributed by atoms with E-state index in [1.54, 1.807) is 32.9 Å². The lowest BCUT2D eigenvalue weighted by Crippen LogP contribution is -2.58. The number of hydrogen-bond donors (Lipinski definition) is 3. The van der Waals surface area contributed by atoms with E-state index in [9.17, 15) is 34.4 Å². The van der Waals surface area contributed by atoms with Crippen molar-refractivity contribution < 1.29 is 38.7 Å². The molecule has 2 heterocycles. The molecular formula is C39H45N5O9. The molecule has 2 aromatic carbocycles. The van der Waals surface area contributed by atoms with Gasteiger partial charge >= 0.3 is 12.1 Å². The number of rotatable bonds is 11. The van der Waals surface area contributed by atoms with E-state index in [-0.39, 0.29) is 36.7 Å². The predicted octanol–water partition coefficient (Wildman–Crippen LogP) is 5.78. The minimum Gasteiger partial charge on any atom is -0.488 e. The fourth-order valence-electron chi connectivity index (χ4n) is 7.49. The summed E-state index contributed by atoms with van der Waals surface area (Å²) in [5, 5.41) is 27.7. The summed E-state index contributed by atoms with van der Waals surface area (Å²) < 4.78 is 12.1. The highest BCUT2D eigenvalue weighted by molar-refractivity contribution is 5.96. The standard InChI is InChI=1S/C39H45N5O9/c1-5-25-21-39(25,36(47)48)42-34(45)31-19-27(22-43(31)35(46)33(24-14-10-7-11-15-24)41-37(49)53-38(2,3)4)52-32-20-30(23-12-8-6-9-13-23)40-29-17-16-26(44(50)51)18-28(29)32/h5-6,8-9,12-13,16-18,20,24-25,27,31,33H,1,7,10-11,14-15,19,21-22H2,2-4H3,(H,41,49)(H,42,45)(H,47,48)/t25?,27-,31+,33+,39-/m1/s1. The Morgan fingerprint density at radius 3 is 2.43 bits per heavy atom. The number of aliphatic carboxylic acids is 1. The van der Waals surface area contributed by atoms with E-state index in [2.05, 4.69) is 17.2 Å². The number of fused-ring (bicyclic) bond motifs is 1. The van der Waals surface area contributed by atoms with Gasteiger partial charge in [-0.2, -0.15) is 0 Å². The Balaban J connectivity index is 1.36. The van der Waals surface area contributed by atoms with Crippen LogP contribution in [0.4, 0.5) is 10.5 Å². The van der Waals surface area contributed by atoms with E-state index in [0.717, 1.165) is 24.8 Å². The van der Waals surface area contributed by atoms with Crippen molar-refractivity contribution in [3.05, 3.63) is 77.4 Å². The van der Waals surface area contributed by atoms with Gasteiger partial charge in [-0.15, -0.1) is 6.58 Å². The molecule has 0 bridgehead atoms. The number of alkyl carbamates (subject to hydrolysis) is 1. The molecule has 3 N–H and O–H groups in total. The van der Waals surface area contributed by atoms with Gasteiger partial charge in [-0.05, 0) is 52.0 Å². The number of nitro groups is 1. The number of carboxylic acids is 1. The molecule has 0 spiro atoms. The number of benzene rings is 2. The van der Waals surface area contributed by atoms with Gasteiger partial charge in [-0.3, -0.25) is 19.7 Å². The zero-order valence-corrected chi connectivity index (χ0v) is 30.1. The molecule has 53 heavy (non-hydrogen) atoms. The molecule has 5 atom stereocenters. The first kappa shape index (κ1) is 37.2. The summed E-state index contributed by atoms with van der Waals surface area (Å²) in [7, 11) is 0. The predicted molar refractivity (Wildman–Crippen MR) is 195 cm³/mol. The fourth-order valence-corrected chi connectivity index (χ4v) is 7.49. The third-order valence-electron chi connectivity index (χ3n) is 10.3. The highest BCUT2D eigenvalue weighted by Gasteiger charge is 2.61. The van der Waals surface area contributed by atoms with Crippen LogP contribution in [0.2, 0.25) is 0 Å². The van der Waals surface area contributed by atoms with E-state index < -0.39 is 64.0 Å². The number of pyridine rings is 1. The number of nitrogens with one attached hydrogen (secondary N) is 2. The second kappa shape index (κ2) is 14.8. The van der Waals surface area contributed by atoms with Gasteiger partial charge in [-0.25, -0.2) is 14.6 Å². The van der Waals surface area contributed by atoms with Gasteiger partial charge in [0.1, 0.15) is 35.1 Å². The number of nitro benzene ring substituents is 1. The van der Waals surface area contributed by atoms with E-state index in [1.165, 1.54) is 23.1 Å². The third-order valence-corrected chi connectivity index (χ3v) is 10.3. The molecule has 14 heteroatoms. The zero-order valence-electron chi connectivity index (χ0n) is 30.1. The van der Waals surface area contributed by atoms with Crippen LogP contribution in [0.5, 0.6) is 5.75 Å². The van der Waals surface area contributed by atoms with Crippen LogP contribution in [0.3, 0.4) is 0 Å². The molecule has 280 valence electrons. The molecule has 1 aromatic heterocycles. The summed E-state index contributed by atoms with van der Waals surface area (Å²) in [5.74, 6) is -2.82. The number of carbonyl (C=O) groups is 4. The molecule has 3 fully saturated rings. The van der Waals surface area contributed by atoms with Gasteiger partial charge in [0.2, 0.25) is 11.8 Å². The number of carbonyl (C=O) groups excluding carboxylic acids is 3. The van der Waals surface area contributed by atoms with Crippen LogP contribution in [-0.4, -0.2) is 79.7 Å². The Hall–Kier alpha value is -5.53. The van der Waals surface area contributed by atoms with Crippen molar-refractivity contribution in [1.29, 1.82) is 0 Å². The summed E-state index contributed by atoms with van der Waals surface area (Å²) >= 11 is 0. The first-order valence-corrected chi connectivity index (χ1v) is 18.0. The minimum absolute atomic E-state index is 0.0186. The molecule has 3 aliphatic rings. The SMILES string of the molecule is C=CC1C[C@]1(NC(=O)[C@@H]1C[C@@H](Oc2cc(-c3ccccc3)nc3ccc([N+](=O)[O-])cc23)CN1C(=O)[C@@H](NC(=O)OC(C)(C)C)C1CCCCC1)C(=O)O. The molecule has 1 aliphatic heterocycles. The summed E-state index contributed by atoms with van der Waals surface area (Å²) in [4.78, 5) is 71.5. The van der Waals surface area contributed by atoms with Gasteiger partial charge in [0, 0.05) is 41.5 Å². The monoisotopic (exact) mass is 727 g/mol. The van der Waals surface area contributed by atoms with Crippen molar-refractivity contribution in [2.45, 2.75) is 95.0 Å². The van der Waals surface area contributed by atoms with Gasteiger partial charge in [0.05, 0.1) is 22.7 Å². The van der Waals surface area contributed by atoms with Crippen LogP contribution in [0.15, 0.2) is 67.3 Å². The highest BCUT2D eigenvalue weighted by Crippen LogP contribution is 2.45. The Labute approximate surface area is 307 Å². The van der Waals surface area contributed by atoms with Crippen molar-refractivity contribution in [1.82, 2.24) is 20.5 Å². The summed E-state index contributed by atoms with van der Waals surface area (Å²) in [6.07, 6.45) is 4.18. The second-order valence-electron chi connectivity index (χ2n) is 15.1. The fraction of sp³-hybridized carbons (Fsp3) is 0.462. The van der Waals surface area contributed by atoms with Crippen LogP contribution in [-0.2, 0) is 19.1 Å². The highest BCUT2D eigenvalue weighted by atomic mass is 16.6. The van der Waals surface area contributed by atoms with Crippen LogP contribution in [0.1, 0.15) is 65.7 Å². The molecule has 1 unspecified atom stereocenters. The van der Waals surface area contributed by atoms with Crippen molar-refractivity contribution in [3.8, 4) is 17.0 Å². The summed E-state index contributed by atoms with van der Waals surface area (Å²) in [5.41, 5.74) is -0.762. The lowest BCUT2D eigenvalue weighted by atomic mass is 9.83. The molecule has 2 aliphatic carbocycles. The number of aromatic nitrogens is 1. The maximum Gasteiger partial charge on any atom is 0.408 e. The van der Waals surface area contributed by atoms with Crippen LogP contribution >= 0.6 is 0 Å². The van der Waals surface area contributed by atoms with Gasteiger partial charge in [0.15, 0.2) is 0 Å². The molecule has 6 rings (SSSR count). The molecule has 14 nitrogen and oxygen atoms in total. The van der Waals surface area contributed by atoms with Crippen LogP contribution < -0.4 is 15.4 Å². The number of carboxylic acid groups (broad SMARTS) is 1. The normalized spacial score (nSPS) is 23.5. The number of nitrogens with zero attached hydrogens (tertiary/aromatic N) is 3. The van der Waals surface area contributed by atoms with Gasteiger partial charge < -0.3 is 30.1 Å². The Morgan fingerprint density at radius 2 is 1.81 bits per heavy atom. The second-order valence-corrected chi connectivity index (χ2v) is 15.1. The summed E-state index contributed by atoms with van der Waals surface area (Å²) in [6, 6.07) is 13.1.